The van der Waals surface area contributed by atoms with Gasteiger partial charge in [-0.25, -0.2) is 18.4 Å². The molecule has 0 aliphatic carbocycles. The fourth-order valence-electron chi connectivity index (χ4n) is 3.11. The van der Waals surface area contributed by atoms with Gasteiger partial charge in [0, 0.05) is 31.5 Å². The lowest BCUT2D eigenvalue weighted by Gasteiger charge is -2.16. The Bertz CT molecular complexity index is 1370. The Hall–Kier alpha value is -3.85. The molecule has 1 aromatic heterocycles. The Morgan fingerprint density at radius 3 is 2.22 bits per heavy atom. The molecule has 4 aromatic rings. The predicted octanol–water partition coefficient (Wildman–Crippen LogP) is 4.25. The van der Waals surface area contributed by atoms with Crippen LogP contribution in [-0.4, -0.2) is 39.6 Å². The molecule has 0 aliphatic heterocycles. The van der Waals surface area contributed by atoms with Gasteiger partial charge in [-0.05, 0) is 42.5 Å². The van der Waals surface area contributed by atoms with Gasteiger partial charge in [-0.15, -0.1) is 0 Å². The first kappa shape index (κ1) is 21.4. The number of aromatic nitrogens is 2. The maximum Gasteiger partial charge on any atom is 0.263 e. The molecule has 0 amide bonds. The lowest BCUT2D eigenvalue weighted by atomic mass is 10.3. The van der Waals surface area contributed by atoms with Crippen LogP contribution in [0.4, 0.5) is 23.0 Å². The van der Waals surface area contributed by atoms with Gasteiger partial charge >= 0.3 is 0 Å². The molecule has 0 spiro atoms. The van der Waals surface area contributed by atoms with Crippen molar-refractivity contribution >= 4 is 44.1 Å². The molecule has 0 saturated heterocycles. The van der Waals surface area contributed by atoms with E-state index in [4.69, 9.17) is 4.74 Å². The van der Waals surface area contributed by atoms with Gasteiger partial charge in [-0.2, -0.15) is 0 Å². The number of fused-ring (bicyclic) bond motifs is 1. The number of hydrogen-bond donors (Lipinski definition) is 2. The number of nitrogens with one attached hydrogen (secondary N) is 2. The number of methoxy groups -OCH3 is 1. The first-order chi connectivity index (χ1) is 15.4. The number of sulfonamides is 1. The van der Waals surface area contributed by atoms with Crippen molar-refractivity contribution in [3.05, 3.63) is 72.8 Å². The lowest BCUT2D eigenvalue weighted by Crippen LogP contribution is -2.17. The van der Waals surface area contributed by atoms with E-state index in [0.29, 0.717) is 22.5 Å². The third-order valence-corrected chi connectivity index (χ3v) is 6.11. The van der Waals surface area contributed by atoms with E-state index >= 15 is 0 Å². The van der Waals surface area contributed by atoms with Crippen LogP contribution in [0.2, 0.25) is 0 Å². The second-order valence-electron chi connectivity index (χ2n) is 7.26. The van der Waals surface area contributed by atoms with Crippen LogP contribution in [0.1, 0.15) is 0 Å². The van der Waals surface area contributed by atoms with E-state index in [9.17, 15) is 8.42 Å². The molecule has 0 aliphatic rings. The van der Waals surface area contributed by atoms with Crippen LogP contribution in [0.5, 0.6) is 5.75 Å². The molecular weight excluding hydrogens is 426 g/mol. The van der Waals surface area contributed by atoms with Crippen LogP contribution in [0.25, 0.3) is 11.0 Å². The Kier molecular flexibility index (Phi) is 5.83. The normalized spacial score (nSPS) is 11.2. The van der Waals surface area contributed by atoms with Gasteiger partial charge in [0.25, 0.3) is 10.0 Å². The molecule has 0 fully saturated rings. The maximum atomic E-state index is 13.2. The second kappa shape index (κ2) is 8.72. The lowest BCUT2D eigenvalue weighted by molar-refractivity contribution is 0.415. The molecule has 4 rings (SSSR count). The van der Waals surface area contributed by atoms with Crippen LogP contribution in [0.15, 0.2) is 77.7 Å². The number of para-hydroxylation sites is 2. The van der Waals surface area contributed by atoms with Crippen molar-refractivity contribution in [2.45, 2.75) is 4.90 Å². The summed E-state index contributed by atoms with van der Waals surface area (Å²) in [4.78, 5) is 11.1. The number of hydrogen-bond acceptors (Lipinski definition) is 7. The first-order valence-electron chi connectivity index (χ1n) is 9.84. The van der Waals surface area contributed by atoms with E-state index in [0.717, 1.165) is 5.69 Å². The van der Waals surface area contributed by atoms with Crippen molar-refractivity contribution in [2.24, 2.45) is 0 Å². The highest BCUT2D eigenvalue weighted by Gasteiger charge is 2.20. The minimum Gasteiger partial charge on any atom is -0.497 e. The van der Waals surface area contributed by atoms with Crippen molar-refractivity contribution < 1.29 is 13.2 Å². The van der Waals surface area contributed by atoms with Crippen LogP contribution < -0.4 is 19.7 Å². The predicted molar refractivity (Wildman–Crippen MR) is 127 cm³/mol. The molecule has 1 heterocycles. The molecule has 164 valence electrons. The van der Waals surface area contributed by atoms with E-state index in [-0.39, 0.29) is 16.5 Å². The van der Waals surface area contributed by atoms with Crippen LogP contribution in [-0.2, 0) is 10.0 Å². The van der Waals surface area contributed by atoms with Crippen LogP contribution in [0.3, 0.4) is 0 Å². The molecular formula is C23H23N5O3S. The topological polar surface area (TPSA) is 96.5 Å². The summed E-state index contributed by atoms with van der Waals surface area (Å²) >= 11 is 0. The summed E-state index contributed by atoms with van der Waals surface area (Å²) in [5, 5.41) is 3.15. The van der Waals surface area contributed by atoms with E-state index in [2.05, 4.69) is 20.0 Å². The van der Waals surface area contributed by atoms with Crippen LogP contribution in [0, 0.1) is 0 Å². The van der Waals surface area contributed by atoms with Gasteiger partial charge in [-0.3, -0.25) is 4.72 Å². The van der Waals surface area contributed by atoms with E-state index in [1.807, 2.05) is 61.5 Å². The smallest absolute Gasteiger partial charge is 0.263 e. The van der Waals surface area contributed by atoms with Crippen molar-refractivity contribution in [1.82, 2.24) is 9.97 Å². The van der Waals surface area contributed by atoms with Crippen LogP contribution >= 0.6 is 0 Å². The van der Waals surface area contributed by atoms with E-state index in [1.165, 1.54) is 0 Å². The molecule has 0 atom stereocenters. The first-order valence-corrected chi connectivity index (χ1v) is 11.3. The zero-order chi connectivity index (χ0) is 22.7. The molecule has 0 bridgehead atoms. The summed E-state index contributed by atoms with van der Waals surface area (Å²) in [6.45, 7) is 0. The number of ether oxygens (including phenoxy) is 1. The fourth-order valence-corrected chi connectivity index (χ4v) is 4.16. The Balaban J connectivity index is 1.76. The van der Waals surface area contributed by atoms with Gasteiger partial charge in [-0.1, -0.05) is 24.3 Å². The summed E-state index contributed by atoms with van der Waals surface area (Å²) < 4.78 is 34.2. The van der Waals surface area contributed by atoms with Crippen molar-refractivity contribution in [3.8, 4) is 5.75 Å². The monoisotopic (exact) mass is 449 g/mol. The van der Waals surface area contributed by atoms with E-state index < -0.39 is 10.0 Å². The summed E-state index contributed by atoms with van der Waals surface area (Å²) in [5.74, 6) is 1.04. The SMILES string of the molecule is COc1cccc(Nc2nc3ccccc3nc2NS(=O)(=O)c2cccc(N(C)C)c2)c1. The molecule has 9 heteroatoms. The number of anilines is 4. The Labute approximate surface area is 186 Å². The van der Waals surface area contributed by atoms with Gasteiger partial charge in [0.1, 0.15) is 5.75 Å². The third-order valence-electron chi connectivity index (χ3n) is 4.78. The molecule has 0 saturated carbocycles. The standard InChI is InChI=1S/C23H23N5O3S/c1-28(2)17-9-7-11-19(15-17)32(29,30)27-23-22(24-16-8-6-10-18(14-16)31-3)25-20-12-4-5-13-21(20)26-23/h4-15H,1-3H3,(H,24,25)(H,26,27). The Morgan fingerprint density at radius 1 is 0.844 bits per heavy atom. The highest BCUT2D eigenvalue weighted by molar-refractivity contribution is 7.92. The molecule has 8 nitrogen and oxygen atoms in total. The van der Waals surface area contributed by atoms with Gasteiger partial charge in [0.15, 0.2) is 11.6 Å². The summed E-state index contributed by atoms with van der Waals surface area (Å²) in [7, 11) is 1.37. The van der Waals surface area contributed by atoms with Crippen molar-refractivity contribution in [3.63, 3.8) is 0 Å². The summed E-state index contributed by atoms with van der Waals surface area (Å²) in [6, 6.07) is 21.2. The average molecular weight is 450 g/mol. The van der Waals surface area contributed by atoms with Gasteiger partial charge in [0.2, 0.25) is 0 Å². The minimum absolute atomic E-state index is 0.0989. The quantitative estimate of drug-likeness (QED) is 0.435. The maximum absolute atomic E-state index is 13.2. The van der Waals surface area contributed by atoms with Crippen molar-refractivity contribution in [2.75, 3.05) is 36.1 Å². The number of nitrogens with zero attached hydrogens (tertiary/aromatic N) is 3. The Morgan fingerprint density at radius 2 is 1.53 bits per heavy atom. The largest absolute Gasteiger partial charge is 0.497 e. The van der Waals surface area contributed by atoms with Gasteiger partial charge < -0.3 is 15.0 Å². The molecule has 0 unspecified atom stereocenters. The van der Waals surface area contributed by atoms with Gasteiger partial charge in [0.05, 0.1) is 23.0 Å². The zero-order valence-electron chi connectivity index (χ0n) is 17.9. The summed E-state index contributed by atoms with van der Waals surface area (Å²) in [5.41, 5.74) is 2.66. The second-order valence-corrected chi connectivity index (χ2v) is 8.95. The number of rotatable bonds is 7. The fraction of sp³-hybridized carbons (Fsp3) is 0.130. The highest BCUT2D eigenvalue weighted by Crippen LogP contribution is 2.29. The molecule has 2 N–H and O–H groups in total. The van der Waals surface area contributed by atoms with Crippen molar-refractivity contribution in [1.29, 1.82) is 0 Å². The minimum atomic E-state index is -3.91. The molecule has 32 heavy (non-hydrogen) atoms. The molecule has 0 radical (unpaired) electrons. The summed E-state index contributed by atoms with van der Waals surface area (Å²) in [6.07, 6.45) is 0. The molecule has 3 aromatic carbocycles. The zero-order valence-corrected chi connectivity index (χ0v) is 18.7. The highest BCUT2D eigenvalue weighted by atomic mass is 32.2. The average Bonchev–Trinajstić information content (AvgIpc) is 2.79. The third kappa shape index (κ3) is 4.57. The van der Waals surface area contributed by atoms with E-state index in [1.54, 1.807) is 37.4 Å². The number of benzene rings is 3.